The number of rotatable bonds is 7. The fraction of sp³-hybridized carbons (Fsp3) is 0.381. The average molecular weight is 382 g/mol. The number of nitrogens with zero attached hydrogens (tertiary/aromatic N) is 3. The van der Waals surface area contributed by atoms with Crippen LogP contribution in [-0.4, -0.2) is 48.5 Å². The molecule has 1 heterocycles. The number of piperazine rings is 1. The van der Waals surface area contributed by atoms with Crippen LogP contribution in [-0.2, 0) is 17.8 Å². The number of nitro benzene ring substituents is 1. The van der Waals surface area contributed by atoms with Gasteiger partial charge in [-0.05, 0) is 29.7 Å². The molecule has 7 heteroatoms. The Morgan fingerprint density at radius 1 is 1.00 bits per heavy atom. The van der Waals surface area contributed by atoms with Crippen LogP contribution in [0.4, 0.5) is 11.4 Å². The second-order valence-electron chi connectivity index (χ2n) is 7.09. The van der Waals surface area contributed by atoms with Crippen molar-refractivity contribution in [1.29, 1.82) is 0 Å². The summed E-state index contributed by atoms with van der Waals surface area (Å²) in [6.45, 7) is 6.85. The van der Waals surface area contributed by atoms with E-state index in [1.54, 1.807) is 12.1 Å². The van der Waals surface area contributed by atoms with Crippen molar-refractivity contribution >= 4 is 17.3 Å². The van der Waals surface area contributed by atoms with Gasteiger partial charge in [0.2, 0.25) is 5.91 Å². The van der Waals surface area contributed by atoms with Crippen LogP contribution in [0, 0.1) is 10.1 Å². The van der Waals surface area contributed by atoms with Crippen molar-refractivity contribution in [3.63, 3.8) is 0 Å². The Morgan fingerprint density at radius 3 is 2.18 bits per heavy atom. The van der Waals surface area contributed by atoms with E-state index >= 15 is 0 Å². The fourth-order valence-electron chi connectivity index (χ4n) is 3.40. The van der Waals surface area contributed by atoms with E-state index in [2.05, 4.69) is 39.4 Å². The minimum atomic E-state index is -0.368. The number of nitrogens with one attached hydrogen (secondary N) is 1. The molecule has 0 atom stereocenters. The molecule has 28 heavy (non-hydrogen) atoms. The summed E-state index contributed by atoms with van der Waals surface area (Å²) >= 11 is 0. The number of amides is 1. The Bertz CT molecular complexity index is 797. The van der Waals surface area contributed by atoms with Crippen LogP contribution in [0.3, 0.4) is 0 Å². The first-order valence-electron chi connectivity index (χ1n) is 9.55. The molecule has 1 fully saturated rings. The SMILES string of the molecule is CC(=O)NCCc1ccc(CN2CCN(c3ccc([N+](=O)[O-])cc3)CC2)cc1. The van der Waals surface area contributed by atoms with Crippen LogP contribution in [0.2, 0.25) is 0 Å². The number of carbonyl (C=O) groups is 1. The number of hydrogen-bond acceptors (Lipinski definition) is 5. The molecule has 1 saturated heterocycles. The van der Waals surface area contributed by atoms with Gasteiger partial charge in [0, 0.05) is 64.0 Å². The summed E-state index contributed by atoms with van der Waals surface area (Å²) in [6.07, 6.45) is 0.841. The Balaban J connectivity index is 1.46. The number of nitro groups is 1. The van der Waals surface area contributed by atoms with Crippen molar-refractivity contribution in [3.05, 3.63) is 69.8 Å². The largest absolute Gasteiger partial charge is 0.369 e. The van der Waals surface area contributed by atoms with E-state index in [1.807, 2.05) is 12.1 Å². The normalized spacial score (nSPS) is 14.7. The van der Waals surface area contributed by atoms with Gasteiger partial charge in [-0.15, -0.1) is 0 Å². The van der Waals surface area contributed by atoms with Crippen LogP contribution >= 0.6 is 0 Å². The zero-order valence-corrected chi connectivity index (χ0v) is 16.1. The molecule has 3 rings (SSSR count). The van der Waals surface area contributed by atoms with Crippen LogP contribution in [0.5, 0.6) is 0 Å². The van der Waals surface area contributed by atoms with Gasteiger partial charge in [-0.2, -0.15) is 0 Å². The summed E-state index contributed by atoms with van der Waals surface area (Å²) in [5, 5.41) is 13.6. The van der Waals surface area contributed by atoms with Crippen LogP contribution in [0.1, 0.15) is 18.1 Å². The van der Waals surface area contributed by atoms with Gasteiger partial charge in [-0.3, -0.25) is 19.8 Å². The first-order chi connectivity index (χ1) is 13.5. The Hall–Kier alpha value is -2.93. The van der Waals surface area contributed by atoms with Crippen molar-refractivity contribution in [1.82, 2.24) is 10.2 Å². The number of carbonyl (C=O) groups excluding carboxylic acids is 1. The lowest BCUT2D eigenvalue weighted by molar-refractivity contribution is -0.384. The van der Waals surface area contributed by atoms with Gasteiger partial charge in [-0.1, -0.05) is 24.3 Å². The highest BCUT2D eigenvalue weighted by atomic mass is 16.6. The van der Waals surface area contributed by atoms with Gasteiger partial charge in [0.05, 0.1) is 4.92 Å². The quantitative estimate of drug-likeness (QED) is 0.588. The van der Waals surface area contributed by atoms with Crippen LogP contribution < -0.4 is 10.2 Å². The minimum absolute atomic E-state index is 0.00416. The molecule has 0 unspecified atom stereocenters. The molecule has 7 nitrogen and oxygen atoms in total. The highest BCUT2D eigenvalue weighted by Crippen LogP contribution is 2.21. The summed E-state index contributed by atoms with van der Waals surface area (Å²) in [6, 6.07) is 15.4. The third kappa shape index (κ3) is 5.53. The molecule has 148 valence electrons. The summed E-state index contributed by atoms with van der Waals surface area (Å²) < 4.78 is 0. The van der Waals surface area contributed by atoms with Gasteiger partial charge < -0.3 is 10.2 Å². The second-order valence-corrected chi connectivity index (χ2v) is 7.09. The molecule has 2 aromatic carbocycles. The van der Waals surface area contributed by atoms with Crippen molar-refractivity contribution < 1.29 is 9.72 Å². The molecule has 2 aromatic rings. The third-order valence-corrected chi connectivity index (χ3v) is 5.01. The van der Waals surface area contributed by atoms with Gasteiger partial charge in [0.25, 0.3) is 5.69 Å². The van der Waals surface area contributed by atoms with E-state index < -0.39 is 0 Å². The number of benzene rings is 2. The van der Waals surface area contributed by atoms with Crippen molar-refractivity contribution in [3.8, 4) is 0 Å². The predicted octanol–water partition coefficient (Wildman–Crippen LogP) is 2.60. The molecule has 0 saturated carbocycles. The lowest BCUT2D eigenvalue weighted by Crippen LogP contribution is -2.45. The highest BCUT2D eigenvalue weighted by molar-refractivity contribution is 5.72. The maximum atomic E-state index is 10.9. The molecule has 1 aliphatic heterocycles. The van der Waals surface area contributed by atoms with Crippen LogP contribution in [0.15, 0.2) is 48.5 Å². The monoisotopic (exact) mass is 382 g/mol. The standard InChI is InChI=1S/C21H26N4O3/c1-17(26)22-11-10-18-2-4-19(5-3-18)16-23-12-14-24(15-13-23)20-6-8-21(9-7-20)25(27)28/h2-9H,10-16H2,1H3,(H,22,26). The maximum absolute atomic E-state index is 10.9. The highest BCUT2D eigenvalue weighted by Gasteiger charge is 2.18. The summed E-state index contributed by atoms with van der Waals surface area (Å²) in [5.74, 6) is 0.00416. The zero-order valence-electron chi connectivity index (χ0n) is 16.1. The van der Waals surface area contributed by atoms with E-state index in [-0.39, 0.29) is 16.5 Å². The lowest BCUT2D eigenvalue weighted by Gasteiger charge is -2.36. The van der Waals surface area contributed by atoms with E-state index in [0.717, 1.165) is 44.8 Å². The summed E-state index contributed by atoms with van der Waals surface area (Å²) in [4.78, 5) is 26.0. The number of non-ortho nitro benzene ring substituents is 1. The van der Waals surface area contributed by atoms with Gasteiger partial charge in [-0.25, -0.2) is 0 Å². The Kier molecular flexibility index (Phi) is 6.60. The van der Waals surface area contributed by atoms with Crippen molar-refractivity contribution in [2.45, 2.75) is 19.9 Å². The molecule has 0 radical (unpaired) electrons. The molecule has 0 aliphatic carbocycles. The zero-order chi connectivity index (χ0) is 19.9. The van der Waals surface area contributed by atoms with E-state index in [0.29, 0.717) is 6.54 Å². The number of anilines is 1. The molecule has 1 amide bonds. The average Bonchev–Trinajstić information content (AvgIpc) is 2.70. The molecule has 0 aromatic heterocycles. The summed E-state index contributed by atoms with van der Waals surface area (Å²) in [7, 11) is 0. The minimum Gasteiger partial charge on any atom is -0.369 e. The van der Waals surface area contributed by atoms with Gasteiger partial charge >= 0.3 is 0 Å². The van der Waals surface area contributed by atoms with E-state index in [1.165, 1.54) is 18.1 Å². The maximum Gasteiger partial charge on any atom is 0.269 e. The van der Waals surface area contributed by atoms with Gasteiger partial charge in [0.15, 0.2) is 0 Å². The smallest absolute Gasteiger partial charge is 0.269 e. The van der Waals surface area contributed by atoms with Crippen molar-refractivity contribution in [2.24, 2.45) is 0 Å². The number of hydrogen-bond donors (Lipinski definition) is 1. The second kappa shape index (κ2) is 9.32. The summed E-state index contributed by atoms with van der Waals surface area (Å²) in [5.41, 5.74) is 3.67. The Labute approximate surface area is 165 Å². The van der Waals surface area contributed by atoms with Crippen LogP contribution in [0.25, 0.3) is 0 Å². The lowest BCUT2D eigenvalue weighted by atomic mass is 10.1. The fourth-order valence-corrected chi connectivity index (χ4v) is 3.40. The molecule has 1 aliphatic rings. The molecule has 0 bridgehead atoms. The molecular weight excluding hydrogens is 356 g/mol. The van der Waals surface area contributed by atoms with E-state index in [4.69, 9.17) is 0 Å². The topological polar surface area (TPSA) is 78.7 Å². The van der Waals surface area contributed by atoms with E-state index in [9.17, 15) is 14.9 Å². The van der Waals surface area contributed by atoms with Crippen molar-refractivity contribution in [2.75, 3.05) is 37.6 Å². The Morgan fingerprint density at radius 2 is 1.61 bits per heavy atom. The molecule has 0 spiro atoms. The van der Waals surface area contributed by atoms with Gasteiger partial charge in [0.1, 0.15) is 0 Å². The molecule has 1 N–H and O–H groups in total. The molecular formula is C21H26N4O3. The first-order valence-corrected chi connectivity index (χ1v) is 9.55. The third-order valence-electron chi connectivity index (χ3n) is 5.01. The first kappa shape index (κ1) is 19.8. The predicted molar refractivity (Wildman–Crippen MR) is 109 cm³/mol.